The summed E-state index contributed by atoms with van der Waals surface area (Å²) in [6.45, 7) is 2.43. The van der Waals surface area contributed by atoms with Crippen LogP contribution in [-0.2, 0) is 4.74 Å². The Bertz CT molecular complexity index is 246. The van der Waals surface area contributed by atoms with Crippen LogP contribution in [0.2, 0.25) is 0 Å². The van der Waals surface area contributed by atoms with E-state index in [0.717, 1.165) is 6.42 Å². The zero-order chi connectivity index (χ0) is 8.81. The van der Waals surface area contributed by atoms with E-state index in [4.69, 9.17) is 4.74 Å². The molecule has 1 heterocycles. The summed E-state index contributed by atoms with van der Waals surface area (Å²) in [7, 11) is 0. The molecule has 0 aliphatic carbocycles. The number of carbonyl (C=O) groups is 1. The van der Waals surface area contributed by atoms with Gasteiger partial charge in [-0.25, -0.2) is 4.79 Å². The van der Waals surface area contributed by atoms with Crippen LogP contribution in [0, 0.1) is 0 Å². The Labute approximate surface area is 71.4 Å². The molecule has 0 aromatic carbocycles. The monoisotopic (exact) mass is 165 g/mol. The van der Waals surface area contributed by atoms with Crippen LogP contribution in [0.1, 0.15) is 23.7 Å². The predicted molar refractivity (Wildman–Crippen MR) is 44.8 cm³/mol. The Kier molecular flexibility index (Phi) is 3.26. The largest absolute Gasteiger partial charge is 0.462 e. The maximum absolute atomic E-state index is 11.2. The molecule has 0 aliphatic rings. The summed E-state index contributed by atoms with van der Waals surface area (Å²) < 4.78 is 4.91. The molecule has 3 heteroatoms. The number of carbonyl (C=O) groups excluding carboxylic acids is 1. The minimum absolute atomic E-state index is 0.278. The first-order valence-corrected chi connectivity index (χ1v) is 3.91. The van der Waals surface area contributed by atoms with E-state index in [1.807, 2.05) is 6.92 Å². The van der Waals surface area contributed by atoms with Crippen molar-refractivity contribution in [3.8, 4) is 0 Å². The Hall–Kier alpha value is -1.38. The molecule has 1 rings (SSSR count). The zero-order valence-electron chi connectivity index (χ0n) is 6.99. The normalized spacial score (nSPS) is 9.42. The van der Waals surface area contributed by atoms with Gasteiger partial charge in [0, 0.05) is 12.4 Å². The third kappa shape index (κ3) is 2.34. The van der Waals surface area contributed by atoms with Gasteiger partial charge in [-0.1, -0.05) is 6.92 Å². The van der Waals surface area contributed by atoms with Crippen LogP contribution in [0.15, 0.2) is 24.5 Å². The van der Waals surface area contributed by atoms with E-state index < -0.39 is 0 Å². The van der Waals surface area contributed by atoms with Crippen LogP contribution in [0.5, 0.6) is 0 Å². The predicted octanol–water partition coefficient (Wildman–Crippen LogP) is 1.65. The van der Waals surface area contributed by atoms with Crippen molar-refractivity contribution < 1.29 is 9.53 Å². The molecular formula is C9H11NO2. The fourth-order valence-corrected chi connectivity index (χ4v) is 0.766. The highest BCUT2D eigenvalue weighted by molar-refractivity contribution is 5.89. The number of ether oxygens (including phenoxy) is 1. The van der Waals surface area contributed by atoms with Gasteiger partial charge in [0.15, 0.2) is 0 Å². The number of pyridine rings is 1. The van der Waals surface area contributed by atoms with E-state index in [-0.39, 0.29) is 5.97 Å². The van der Waals surface area contributed by atoms with E-state index in [1.54, 1.807) is 24.5 Å². The van der Waals surface area contributed by atoms with Gasteiger partial charge in [0.25, 0.3) is 0 Å². The molecule has 0 fully saturated rings. The third-order valence-electron chi connectivity index (χ3n) is 1.35. The first-order valence-electron chi connectivity index (χ1n) is 3.91. The van der Waals surface area contributed by atoms with Crippen LogP contribution in [-0.4, -0.2) is 17.6 Å². The number of hydrogen-bond donors (Lipinski definition) is 0. The Morgan fingerprint density at radius 2 is 2.17 bits per heavy atom. The van der Waals surface area contributed by atoms with Crippen LogP contribution >= 0.6 is 0 Å². The Morgan fingerprint density at radius 1 is 1.50 bits per heavy atom. The fraction of sp³-hybridized carbons (Fsp3) is 0.333. The van der Waals surface area contributed by atoms with E-state index in [1.165, 1.54) is 0 Å². The van der Waals surface area contributed by atoms with Crippen molar-refractivity contribution in [1.82, 2.24) is 4.98 Å². The quantitative estimate of drug-likeness (QED) is 0.639. The molecule has 0 spiro atoms. The topological polar surface area (TPSA) is 39.2 Å². The molecule has 64 valence electrons. The van der Waals surface area contributed by atoms with Crippen molar-refractivity contribution in [1.29, 1.82) is 0 Å². The standard InChI is InChI=1S/C9H11NO2/c1-2-7-12-9(11)8-3-5-10-6-4-8/h3-6H,2,7H2,1H3. The van der Waals surface area contributed by atoms with Crippen molar-refractivity contribution in [2.75, 3.05) is 6.61 Å². The highest BCUT2D eigenvalue weighted by Gasteiger charge is 2.03. The van der Waals surface area contributed by atoms with Gasteiger partial charge in [-0.05, 0) is 18.6 Å². The minimum Gasteiger partial charge on any atom is -0.462 e. The molecule has 1 aromatic rings. The lowest BCUT2D eigenvalue weighted by Crippen LogP contribution is -2.05. The highest BCUT2D eigenvalue weighted by Crippen LogP contribution is 1.99. The minimum atomic E-state index is -0.278. The molecule has 0 bridgehead atoms. The molecule has 1 aromatic heterocycles. The molecule has 0 atom stereocenters. The van der Waals surface area contributed by atoms with Gasteiger partial charge >= 0.3 is 5.97 Å². The van der Waals surface area contributed by atoms with Crippen LogP contribution in [0.25, 0.3) is 0 Å². The lowest BCUT2D eigenvalue weighted by Gasteiger charge is -2.01. The van der Waals surface area contributed by atoms with Gasteiger partial charge in [0.2, 0.25) is 0 Å². The molecule has 0 saturated heterocycles. The van der Waals surface area contributed by atoms with Gasteiger partial charge in [-0.15, -0.1) is 0 Å². The fourth-order valence-electron chi connectivity index (χ4n) is 0.766. The number of aromatic nitrogens is 1. The van der Waals surface area contributed by atoms with Gasteiger partial charge in [-0.3, -0.25) is 4.98 Å². The third-order valence-corrected chi connectivity index (χ3v) is 1.35. The molecule has 3 nitrogen and oxygen atoms in total. The molecule has 0 radical (unpaired) electrons. The summed E-state index contributed by atoms with van der Waals surface area (Å²) >= 11 is 0. The summed E-state index contributed by atoms with van der Waals surface area (Å²) in [4.78, 5) is 15.0. The van der Waals surface area contributed by atoms with Crippen LogP contribution in [0.4, 0.5) is 0 Å². The molecule has 0 unspecified atom stereocenters. The average Bonchev–Trinajstić information content (AvgIpc) is 2.15. The Balaban J connectivity index is 2.54. The molecule has 12 heavy (non-hydrogen) atoms. The number of hydrogen-bond acceptors (Lipinski definition) is 3. The van der Waals surface area contributed by atoms with Crippen molar-refractivity contribution in [2.24, 2.45) is 0 Å². The first-order chi connectivity index (χ1) is 5.84. The SMILES string of the molecule is CCCOC(=O)c1ccncc1. The number of rotatable bonds is 3. The summed E-state index contributed by atoms with van der Waals surface area (Å²) in [5.74, 6) is -0.278. The van der Waals surface area contributed by atoms with E-state index in [9.17, 15) is 4.79 Å². The van der Waals surface area contributed by atoms with Crippen molar-refractivity contribution in [3.05, 3.63) is 30.1 Å². The number of esters is 1. The van der Waals surface area contributed by atoms with Crippen LogP contribution < -0.4 is 0 Å². The van der Waals surface area contributed by atoms with Gasteiger partial charge in [-0.2, -0.15) is 0 Å². The van der Waals surface area contributed by atoms with Crippen LogP contribution in [0.3, 0.4) is 0 Å². The lowest BCUT2D eigenvalue weighted by atomic mass is 10.3. The smallest absolute Gasteiger partial charge is 0.338 e. The average molecular weight is 165 g/mol. The summed E-state index contributed by atoms with van der Waals surface area (Å²) in [6, 6.07) is 3.27. The molecule has 0 aliphatic heterocycles. The zero-order valence-corrected chi connectivity index (χ0v) is 6.99. The van der Waals surface area contributed by atoms with E-state index in [2.05, 4.69) is 4.98 Å². The van der Waals surface area contributed by atoms with Gasteiger partial charge in [0.05, 0.1) is 12.2 Å². The summed E-state index contributed by atoms with van der Waals surface area (Å²) in [5, 5.41) is 0. The first kappa shape index (κ1) is 8.71. The van der Waals surface area contributed by atoms with Gasteiger partial charge < -0.3 is 4.74 Å². The Morgan fingerprint density at radius 3 is 2.75 bits per heavy atom. The molecule has 0 N–H and O–H groups in total. The second kappa shape index (κ2) is 4.49. The second-order valence-electron chi connectivity index (χ2n) is 2.37. The maximum atomic E-state index is 11.2. The molecule has 0 amide bonds. The second-order valence-corrected chi connectivity index (χ2v) is 2.37. The maximum Gasteiger partial charge on any atom is 0.338 e. The van der Waals surface area contributed by atoms with Gasteiger partial charge in [0.1, 0.15) is 0 Å². The summed E-state index contributed by atoms with van der Waals surface area (Å²) in [6.07, 6.45) is 3.99. The highest BCUT2D eigenvalue weighted by atomic mass is 16.5. The lowest BCUT2D eigenvalue weighted by molar-refractivity contribution is 0.0505. The van der Waals surface area contributed by atoms with Crippen molar-refractivity contribution >= 4 is 5.97 Å². The molecule has 0 saturated carbocycles. The van der Waals surface area contributed by atoms with Crippen molar-refractivity contribution in [2.45, 2.75) is 13.3 Å². The molecular weight excluding hydrogens is 154 g/mol. The van der Waals surface area contributed by atoms with E-state index >= 15 is 0 Å². The summed E-state index contributed by atoms with van der Waals surface area (Å²) in [5.41, 5.74) is 0.554. The van der Waals surface area contributed by atoms with Crippen molar-refractivity contribution in [3.63, 3.8) is 0 Å². The van der Waals surface area contributed by atoms with E-state index in [0.29, 0.717) is 12.2 Å². The number of nitrogens with zero attached hydrogens (tertiary/aromatic N) is 1.